The molecule has 3 aliphatic rings. The molecule has 0 unspecified atom stereocenters. The van der Waals surface area contributed by atoms with E-state index in [9.17, 15) is 14.7 Å². The normalized spacial score (nSPS) is 26.5. The molecule has 234 valence electrons. The Kier molecular flexibility index (Phi) is 11.2. The molecule has 5 rings (SSSR count). The molecule has 0 bridgehead atoms. The number of benzene rings is 2. The third-order valence-corrected chi connectivity index (χ3v) is 9.24. The number of hydrogen-bond acceptors (Lipinski definition) is 7. The third-order valence-electron chi connectivity index (χ3n) is 9.24. The first kappa shape index (κ1) is 31.6. The van der Waals surface area contributed by atoms with E-state index in [-0.39, 0.29) is 43.5 Å². The summed E-state index contributed by atoms with van der Waals surface area (Å²) in [5.74, 6) is -0.903. The Balaban J connectivity index is 1.26. The molecule has 9 nitrogen and oxygen atoms in total. The SMILES string of the molecule is C[C@H]1[C@@H](CN2CCC[C@H]2CN2CCCC2)O[C@@H](c2ccc(CNC(=O)CCCC(=O)O)cc2)O[C@H]1c1ccc(CO)cc1. The summed E-state index contributed by atoms with van der Waals surface area (Å²) >= 11 is 0. The number of aliphatic hydroxyl groups excluding tert-OH is 1. The number of amides is 1. The van der Waals surface area contributed by atoms with Gasteiger partial charge >= 0.3 is 5.97 Å². The lowest BCUT2D eigenvalue weighted by molar-refractivity contribution is -0.276. The van der Waals surface area contributed by atoms with E-state index in [1.54, 1.807) is 0 Å². The van der Waals surface area contributed by atoms with Crippen LogP contribution in [0.15, 0.2) is 48.5 Å². The van der Waals surface area contributed by atoms with Crippen molar-refractivity contribution in [1.29, 1.82) is 0 Å². The van der Waals surface area contributed by atoms with Gasteiger partial charge < -0.3 is 29.9 Å². The summed E-state index contributed by atoms with van der Waals surface area (Å²) in [7, 11) is 0. The van der Waals surface area contributed by atoms with Gasteiger partial charge in [0.2, 0.25) is 5.91 Å². The van der Waals surface area contributed by atoms with Crippen LogP contribution in [0.5, 0.6) is 0 Å². The van der Waals surface area contributed by atoms with Gasteiger partial charge in [0, 0.05) is 50.0 Å². The minimum absolute atomic E-state index is 0.00739. The van der Waals surface area contributed by atoms with Gasteiger partial charge in [-0.3, -0.25) is 14.5 Å². The molecule has 0 saturated carbocycles. The molecular formula is C34H47N3O6. The molecule has 3 aliphatic heterocycles. The second kappa shape index (κ2) is 15.3. The zero-order valence-corrected chi connectivity index (χ0v) is 25.3. The summed E-state index contributed by atoms with van der Waals surface area (Å²) < 4.78 is 13.4. The molecule has 2 aromatic rings. The maximum Gasteiger partial charge on any atom is 0.303 e. The summed E-state index contributed by atoms with van der Waals surface area (Å²) in [6.07, 6.45) is 4.92. The average Bonchev–Trinajstić information content (AvgIpc) is 3.70. The molecule has 9 heteroatoms. The first-order valence-electron chi connectivity index (χ1n) is 15.9. The zero-order chi connectivity index (χ0) is 30.2. The number of rotatable bonds is 13. The number of nitrogens with zero attached hydrogens (tertiary/aromatic N) is 2. The van der Waals surface area contributed by atoms with E-state index in [2.05, 4.69) is 34.2 Å². The van der Waals surface area contributed by atoms with E-state index < -0.39 is 12.3 Å². The Labute approximate surface area is 255 Å². The molecule has 3 heterocycles. The second-order valence-corrected chi connectivity index (χ2v) is 12.4. The third kappa shape index (κ3) is 8.64. The first-order valence-corrected chi connectivity index (χ1v) is 15.9. The summed E-state index contributed by atoms with van der Waals surface area (Å²) in [6, 6.07) is 16.6. The van der Waals surface area contributed by atoms with Crippen molar-refractivity contribution in [3.63, 3.8) is 0 Å². The number of likely N-dealkylation sites (tertiary alicyclic amines) is 2. The molecule has 2 aromatic carbocycles. The monoisotopic (exact) mass is 593 g/mol. The van der Waals surface area contributed by atoms with Crippen molar-refractivity contribution in [1.82, 2.24) is 15.1 Å². The number of carboxylic acid groups (broad SMARTS) is 1. The summed E-state index contributed by atoms with van der Waals surface area (Å²) in [5, 5.41) is 21.2. The van der Waals surface area contributed by atoms with Gasteiger partial charge in [-0.2, -0.15) is 0 Å². The molecule has 0 radical (unpaired) electrons. The van der Waals surface area contributed by atoms with E-state index in [1.165, 1.54) is 38.8 Å². The number of carboxylic acids is 1. The van der Waals surface area contributed by atoms with Crippen LogP contribution in [0.1, 0.15) is 86.5 Å². The highest BCUT2D eigenvalue weighted by Gasteiger charge is 2.40. The number of carbonyl (C=O) groups excluding carboxylic acids is 1. The van der Waals surface area contributed by atoms with Crippen LogP contribution in [0.3, 0.4) is 0 Å². The highest BCUT2D eigenvalue weighted by molar-refractivity contribution is 5.76. The molecule has 0 aliphatic carbocycles. The Morgan fingerprint density at radius 3 is 2.28 bits per heavy atom. The average molecular weight is 594 g/mol. The first-order chi connectivity index (χ1) is 20.9. The highest BCUT2D eigenvalue weighted by atomic mass is 16.7. The molecule has 1 amide bonds. The molecular weight excluding hydrogens is 546 g/mol. The standard InChI is InChI=1S/C34H47N3O6/c1-24-30(22-37-19-5-6-29(37)21-36-17-2-3-18-36)42-34(43-33(24)27-13-11-26(23-38)12-14-27)28-15-9-25(10-16-28)20-35-31(39)7-4-8-32(40)41/h9-16,24,29-30,33-34,38H,2-8,17-23H2,1H3,(H,35,39)(H,40,41)/t24-,29-,30+,33+,34+/m0/s1. The summed E-state index contributed by atoms with van der Waals surface area (Å²) in [6.45, 7) is 8.16. The van der Waals surface area contributed by atoms with Gasteiger partial charge in [-0.25, -0.2) is 0 Å². The van der Waals surface area contributed by atoms with Crippen molar-refractivity contribution in [2.45, 2.75) is 89.6 Å². The van der Waals surface area contributed by atoms with Crippen LogP contribution in [0, 0.1) is 5.92 Å². The Morgan fingerprint density at radius 2 is 1.58 bits per heavy atom. The smallest absolute Gasteiger partial charge is 0.303 e. The number of aliphatic carboxylic acids is 1. The second-order valence-electron chi connectivity index (χ2n) is 12.4. The van der Waals surface area contributed by atoms with Crippen LogP contribution >= 0.6 is 0 Å². The molecule has 3 fully saturated rings. The van der Waals surface area contributed by atoms with E-state index in [4.69, 9.17) is 14.6 Å². The summed E-state index contributed by atoms with van der Waals surface area (Å²) in [5.41, 5.74) is 3.85. The summed E-state index contributed by atoms with van der Waals surface area (Å²) in [4.78, 5) is 28.0. The topological polar surface area (TPSA) is 112 Å². The van der Waals surface area contributed by atoms with Gasteiger partial charge in [0.1, 0.15) is 0 Å². The van der Waals surface area contributed by atoms with Crippen LogP contribution in [0.25, 0.3) is 0 Å². The van der Waals surface area contributed by atoms with Crippen molar-refractivity contribution in [2.75, 3.05) is 32.7 Å². The van der Waals surface area contributed by atoms with Crippen LogP contribution in [0.2, 0.25) is 0 Å². The lowest BCUT2D eigenvalue weighted by Gasteiger charge is -2.43. The largest absolute Gasteiger partial charge is 0.481 e. The van der Waals surface area contributed by atoms with Gasteiger partial charge in [0.15, 0.2) is 6.29 Å². The fourth-order valence-electron chi connectivity index (χ4n) is 6.65. The van der Waals surface area contributed by atoms with Gasteiger partial charge in [0.05, 0.1) is 18.8 Å². The highest BCUT2D eigenvalue weighted by Crippen LogP contribution is 2.42. The molecule has 0 spiro atoms. The molecule has 5 atom stereocenters. The fraction of sp³-hybridized carbons (Fsp3) is 0.588. The molecule has 3 saturated heterocycles. The maximum absolute atomic E-state index is 12.1. The number of nitrogens with one attached hydrogen (secondary N) is 1. The van der Waals surface area contributed by atoms with Gasteiger partial charge in [-0.15, -0.1) is 0 Å². The van der Waals surface area contributed by atoms with Crippen LogP contribution < -0.4 is 5.32 Å². The maximum atomic E-state index is 12.1. The molecule has 3 N–H and O–H groups in total. The lowest BCUT2D eigenvalue weighted by atomic mass is 9.90. The minimum atomic E-state index is -0.890. The van der Waals surface area contributed by atoms with Gasteiger partial charge in [-0.05, 0) is 68.4 Å². The van der Waals surface area contributed by atoms with E-state index >= 15 is 0 Å². The number of ether oxygens (including phenoxy) is 2. The minimum Gasteiger partial charge on any atom is -0.481 e. The van der Waals surface area contributed by atoms with Crippen molar-refractivity contribution in [3.05, 3.63) is 70.8 Å². The van der Waals surface area contributed by atoms with Crippen molar-refractivity contribution < 1.29 is 29.3 Å². The zero-order valence-electron chi connectivity index (χ0n) is 25.3. The number of hydrogen-bond donors (Lipinski definition) is 3. The lowest BCUT2D eigenvalue weighted by Crippen LogP contribution is -2.48. The van der Waals surface area contributed by atoms with Gasteiger partial charge in [-0.1, -0.05) is 55.5 Å². The number of carbonyl (C=O) groups is 2. The fourth-order valence-corrected chi connectivity index (χ4v) is 6.65. The molecule has 43 heavy (non-hydrogen) atoms. The van der Waals surface area contributed by atoms with Crippen LogP contribution in [-0.2, 0) is 32.2 Å². The van der Waals surface area contributed by atoms with Crippen LogP contribution in [-0.4, -0.2) is 76.8 Å². The van der Waals surface area contributed by atoms with E-state index in [0.29, 0.717) is 19.0 Å². The van der Waals surface area contributed by atoms with Crippen molar-refractivity contribution >= 4 is 11.9 Å². The van der Waals surface area contributed by atoms with E-state index in [0.717, 1.165) is 41.9 Å². The quantitative estimate of drug-likeness (QED) is 0.314. The van der Waals surface area contributed by atoms with Crippen LogP contribution in [0.4, 0.5) is 0 Å². The Hall–Kier alpha value is -2.82. The molecule has 0 aromatic heterocycles. The predicted octanol–water partition coefficient (Wildman–Crippen LogP) is 4.40. The predicted molar refractivity (Wildman–Crippen MR) is 163 cm³/mol. The van der Waals surface area contributed by atoms with Crippen molar-refractivity contribution in [2.24, 2.45) is 5.92 Å². The van der Waals surface area contributed by atoms with Crippen molar-refractivity contribution in [3.8, 4) is 0 Å². The van der Waals surface area contributed by atoms with E-state index in [1.807, 2.05) is 36.4 Å². The van der Waals surface area contributed by atoms with Gasteiger partial charge in [0.25, 0.3) is 0 Å². The Morgan fingerprint density at radius 1 is 0.884 bits per heavy atom. The number of aliphatic hydroxyl groups is 1. The Bertz CT molecular complexity index is 1180.